The lowest BCUT2D eigenvalue weighted by Gasteiger charge is -2.07. The van der Waals surface area contributed by atoms with Crippen molar-refractivity contribution < 1.29 is 4.79 Å². The molecule has 1 fully saturated rings. The van der Waals surface area contributed by atoms with Crippen LogP contribution >= 0.6 is 0 Å². The molecule has 0 aliphatic heterocycles. The predicted molar refractivity (Wildman–Crippen MR) is 55.0 cm³/mol. The number of ketones is 1. The van der Waals surface area contributed by atoms with Crippen LogP contribution in [0.15, 0.2) is 6.20 Å². The van der Waals surface area contributed by atoms with Crippen LogP contribution in [0.4, 0.5) is 0 Å². The van der Waals surface area contributed by atoms with Crippen molar-refractivity contribution in [2.24, 2.45) is 18.7 Å². The van der Waals surface area contributed by atoms with Gasteiger partial charge in [0.15, 0.2) is 0 Å². The fraction of sp³-hybridized carbons (Fsp3) is 0.700. The fourth-order valence-corrected chi connectivity index (χ4v) is 1.70. The minimum Gasteiger partial charge on any atom is -0.327 e. The minimum absolute atomic E-state index is 0.0502. The zero-order valence-corrected chi connectivity index (χ0v) is 8.89. The summed E-state index contributed by atoms with van der Waals surface area (Å²) in [6.07, 6.45) is 4.95. The van der Waals surface area contributed by atoms with Gasteiger partial charge in [0.05, 0.1) is 12.1 Å². The quantitative estimate of drug-likeness (QED) is 0.742. The number of rotatable bonds is 5. The van der Waals surface area contributed by atoms with Gasteiger partial charge in [-0.15, -0.1) is 5.10 Å². The van der Waals surface area contributed by atoms with Gasteiger partial charge in [-0.05, 0) is 18.8 Å². The van der Waals surface area contributed by atoms with E-state index < -0.39 is 0 Å². The number of Topliss-reactive ketones (excluding diaryl/α,β-unsaturated/α-hetero) is 1. The summed E-state index contributed by atoms with van der Waals surface area (Å²) in [4.78, 5) is 11.6. The standard InChI is InChI=1S/C10H16N4O/c1-14-6-8(12-13-14)4-9(15)5-10(11)7-2-3-7/h6-7,10H,2-5,11H2,1H3. The van der Waals surface area contributed by atoms with E-state index in [1.807, 2.05) is 0 Å². The van der Waals surface area contributed by atoms with Gasteiger partial charge in [-0.3, -0.25) is 9.48 Å². The molecule has 1 aromatic heterocycles. The molecule has 1 aliphatic rings. The summed E-state index contributed by atoms with van der Waals surface area (Å²) in [6, 6.07) is 0.0502. The molecule has 15 heavy (non-hydrogen) atoms. The predicted octanol–water partition coefficient (Wildman–Crippen LogP) is 0.0541. The lowest BCUT2D eigenvalue weighted by Crippen LogP contribution is -2.26. The third-order valence-corrected chi connectivity index (χ3v) is 2.72. The monoisotopic (exact) mass is 208 g/mol. The van der Waals surface area contributed by atoms with E-state index in [9.17, 15) is 4.79 Å². The van der Waals surface area contributed by atoms with Gasteiger partial charge in [-0.25, -0.2) is 0 Å². The highest BCUT2D eigenvalue weighted by Gasteiger charge is 2.29. The summed E-state index contributed by atoms with van der Waals surface area (Å²) >= 11 is 0. The number of nitrogens with zero attached hydrogens (tertiary/aromatic N) is 3. The molecule has 1 heterocycles. The molecule has 2 N–H and O–H groups in total. The first-order valence-electron chi connectivity index (χ1n) is 5.27. The highest BCUT2D eigenvalue weighted by atomic mass is 16.1. The largest absolute Gasteiger partial charge is 0.327 e. The van der Waals surface area contributed by atoms with Crippen LogP contribution < -0.4 is 5.73 Å². The van der Waals surface area contributed by atoms with E-state index >= 15 is 0 Å². The number of hydrogen-bond acceptors (Lipinski definition) is 4. The smallest absolute Gasteiger partial charge is 0.140 e. The van der Waals surface area contributed by atoms with Crippen LogP contribution in [0.5, 0.6) is 0 Å². The van der Waals surface area contributed by atoms with Gasteiger partial charge in [-0.2, -0.15) is 0 Å². The van der Waals surface area contributed by atoms with Crippen LogP contribution in [0.25, 0.3) is 0 Å². The second kappa shape index (κ2) is 4.10. The van der Waals surface area contributed by atoms with Gasteiger partial charge in [0.2, 0.25) is 0 Å². The number of aromatic nitrogens is 3. The van der Waals surface area contributed by atoms with Crippen molar-refractivity contribution in [3.63, 3.8) is 0 Å². The lowest BCUT2D eigenvalue weighted by molar-refractivity contribution is -0.118. The molecule has 1 aromatic rings. The average molecular weight is 208 g/mol. The van der Waals surface area contributed by atoms with E-state index in [1.54, 1.807) is 17.9 Å². The Morgan fingerprint density at radius 2 is 2.47 bits per heavy atom. The summed E-state index contributed by atoms with van der Waals surface area (Å²) in [7, 11) is 1.79. The van der Waals surface area contributed by atoms with Crippen molar-refractivity contribution in [1.82, 2.24) is 15.0 Å². The fourth-order valence-electron chi connectivity index (χ4n) is 1.70. The summed E-state index contributed by atoms with van der Waals surface area (Å²) < 4.78 is 1.60. The molecule has 0 radical (unpaired) electrons. The van der Waals surface area contributed by atoms with Gasteiger partial charge in [0.1, 0.15) is 5.78 Å². The zero-order chi connectivity index (χ0) is 10.8. The van der Waals surface area contributed by atoms with Crippen LogP contribution in [0, 0.1) is 5.92 Å². The van der Waals surface area contributed by atoms with Gasteiger partial charge in [-0.1, -0.05) is 5.21 Å². The van der Waals surface area contributed by atoms with Gasteiger partial charge in [0, 0.05) is 25.7 Å². The maximum absolute atomic E-state index is 11.6. The third kappa shape index (κ3) is 2.86. The number of aryl methyl sites for hydroxylation is 1. The highest BCUT2D eigenvalue weighted by molar-refractivity contribution is 5.81. The molecule has 1 unspecified atom stereocenters. The molecule has 1 aliphatic carbocycles. The molecule has 0 saturated heterocycles. The third-order valence-electron chi connectivity index (χ3n) is 2.72. The Balaban J connectivity index is 1.81. The number of hydrogen-bond donors (Lipinski definition) is 1. The van der Waals surface area contributed by atoms with Crippen molar-refractivity contribution >= 4 is 5.78 Å². The Kier molecular flexibility index (Phi) is 2.81. The number of carbonyl (C=O) groups is 1. The molecule has 82 valence electrons. The molecule has 0 amide bonds. The molecule has 1 atom stereocenters. The molecule has 0 spiro atoms. The van der Waals surface area contributed by atoms with Gasteiger partial charge < -0.3 is 5.73 Å². The first-order valence-corrected chi connectivity index (χ1v) is 5.27. The molecule has 0 bridgehead atoms. The summed E-state index contributed by atoms with van der Waals surface area (Å²) in [6.45, 7) is 0. The summed E-state index contributed by atoms with van der Waals surface area (Å²) in [5.41, 5.74) is 6.60. The van der Waals surface area contributed by atoms with Crippen LogP contribution in [0.3, 0.4) is 0 Å². The van der Waals surface area contributed by atoms with Crippen LogP contribution in [0.1, 0.15) is 25.0 Å². The van der Waals surface area contributed by atoms with E-state index in [4.69, 9.17) is 5.73 Å². The first kappa shape index (κ1) is 10.3. The molecular formula is C10H16N4O. The van der Waals surface area contributed by atoms with Crippen LogP contribution in [-0.2, 0) is 18.3 Å². The molecule has 5 heteroatoms. The van der Waals surface area contributed by atoms with Crippen LogP contribution in [0.2, 0.25) is 0 Å². The summed E-state index contributed by atoms with van der Waals surface area (Å²) in [5, 5.41) is 7.65. The molecule has 1 saturated carbocycles. The van der Waals surface area contributed by atoms with E-state index in [-0.39, 0.29) is 11.8 Å². The Labute approximate surface area is 88.6 Å². The first-order chi connectivity index (χ1) is 7.15. The van der Waals surface area contributed by atoms with Crippen molar-refractivity contribution in [2.75, 3.05) is 0 Å². The molecule has 5 nitrogen and oxygen atoms in total. The van der Waals surface area contributed by atoms with Crippen LogP contribution in [-0.4, -0.2) is 26.8 Å². The minimum atomic E-state index is 0.0502. The topological polar surface area (TPSA) is 73.8 Å². The Morgan fingerprint density at radius 1 is 1.73 bits per heavy atom. The van der Waals surface area contributed by atoms with Gasteiger partial charge >= 0.3 is 0 Å². The number of nitrogens with two attached hydrogens (primary N) is 1. The van der Waals surface area contributed by atoms with E-state index in [0.717, 1.165) is 5.69 Å². The van der Waals surface area contributed by atoms with Crippen molar-refractivity contribution in [1.29, 1.82) is 0 Å². The molecule has 0 aromatic carbocycles. The lowest BCUT2D eigenvalue weighted by atomic mass is 10.0. The molecule has 2 rings (SSSR count). The second-order valence-electron chi connectivity index (χ2n) is 4.30. The Bertz CT molecular complexity index is 356. The van der Waals surface area contributed by atoms with E-state index in [0.29, 0.717) is 18.8 Å². The summed E-state index contributed by atoms with van der Waals surface area (Å²) in [5.74, 6) is 0.741. The van der Waals surface area contributed by atoms with Gasteiger partial charge in [0.25, 0.3) is 0 Å². The highest BCUT2D eigenvalue weighted by Crippen LogP contribution is 2.32. The van der Waals surface area contributed by atoms with E-state index in [2.05, 4.69) is 10.3 Å². The normalized spacial score (nSPS) is 17.7. The SMILES string of the molecule is Cn1cc(CC(=O)CC(N)C2CC2)nn1. The average Bonchev–Trinajstić information content (AvgIpc) is 2.92. The Hall–Kier alpha value is -1.23. The maximum Gasteiger partial charge on any atom is 0.140 e. The van der Waals surface area contributed by atoms with E-state index in [1.165, 1.54) is 12.8 Å². The number of carbonyl (C=O) groups excluding carboxylic acids is 1. The Morgan fingerprint density at radius 3 is 3.00 bits per heavy atom. The van der Waals surface area contributed by atoms with Crippen molar-refractivity contribution in [3.8, 4) is 0 Å². The second-order valence-corrected chi connectivity index (χ2v) is 4.30. The van der Waals surface area contributed by atoms with Crippen molar-refractivity contribution in [2.45, 2.75) is 31.7 Å². The maximum atomic E-state index is 11.6. The zero-order valence-electron chi connectivity index (χ0n) is 8.89. The molecular weight excluding hydrogens is 192 g/mol. The van der Waals surface area contributed by atoms with Crippen molar-refractivity contribution in [3.05, 3.63) is 11.9 Å².